The molecule has 6 nitrogen and oxygen atoms in total. The molecule has 0 bridgehead atoms. The summed E-state index contributed by atoms with van der Waals surface area (Å²) in [5.41, 5.74) is 0.912. The van der Waals surface area contributed by atoms with Crippen LogP contribution in [0.25, 0.3) is 0 Å². The lowest BCUT2D eigenvalue weighted by Crippen LogP contribution is -2.52. The lowest BCUT2D eigenvalue weighted by molar-refractivity contribution is -0.0272. The van der Waals surface area contributed by atoms with Crippen molar-refractivity contribution in [1.82, 2.24) is 9.80 Å². The SMILES string of the molecule is CC(C)CN(CC1CN(C(=O)Nc2cccc(Cl)c2)CCO1)C(=O)c1cccc(F)c1. The zero-order chi connectivity index (χ0) is 22.4. The fraction of sp³-hybridized carbons (Fsp3) is 0.391. The quantitative estimate of drug-likeness (QED) is 0.708. The minimum Gasteiger partial charge on any atom is -0.373 e. The predicted octanol–water partition coefficient (Wildman–Crippen LogP) is 4.51. The Labute approximate surface area is 186 Å². The van der Waals surface area contributed by atoms with Crippen LogP contribution in [0.15, 0.2) is 48.5 Å². The highest BCUT2D eigenvalue weighted by Crippen LogP contribution is 2.17. The van der Waals surface area contributed by atoms with E-state index in [-0.39, 0.29) is 24.0 Å². The number of hydrogen-bond acceptors (Lipinski definition) is 3. The standard InChI is InChI=1S/C23H27ClFN3O3/c1-16(2)13-28(22(29)17-5-3-7-19(25)11-17)15-21-14-27(9-10-31-21)23(30)26-20-8-4-6-18(24)12-20/h3-8,11-12,16,21H,9-10,13-15H2,1-2H3,(H,26,30). The first-order valence-electron chi connectivity index (χ1n) is 10.3. The number of carbonyl (C=O) groups excluding carboxylic acids is 2. The van der Waals surface area contributed by atoms with Crippen LogP contribution in [0.3, 0.4) is 0 Å². The molecule has 0 spiro atoms. The molecule has 31 heavy (non-hydrogen) atoms. The molecule has 3 rings (SSSR count). The van der Waals surface area contributed by atoms with Gasteiger partial charge in [-0.1, -0.05) is 37.6 Å². The molecule has 8 heteroatoms. The Morgan fingerprint density at radius 2 is 2.03 bits per heavy atom. The summed E-state index contributed by atoms with van der Waals surface area (Å²) < 4.78 is 19.4. The Morgan fingerprint density at radius 1 is 1.26 bits per heavy atom. The second-order valence-corrected chi connectivity index (χ2v) is 8.43. The van der Waals surface area contributed by atoms with E-state index in [2.05, 4.69) is 5.32 Å². The van der Waals surface area contributed by atoms with Gasteiger partial charge >= 0.3 is 6.03 Å². The molecule has 1 atom stereocenters. The summed E-state index contributed by atoms with van der Waals surface area (Å²) in [4.78, 5) is 29.0. The number of rotatable bonds is 6. The van der Waals surface area contributed by atoms with Gasteiger partial charge < -0.3 is 19.9 Å². The Kier molecular flexibility index (Phi) is 7.87. The van der Waals surface area contributed by atoms with Gasteiger partial charge in [0.25, 0.3) is 5.91 Å². The minimum absolute atomic E-state index is 0.225. The van der Waals surface area contributed by atoms with Crippen LogP contribution in [0.2, 0.25) is 5.02 Å². The highest BCUT2D eigenvalue weighted by atomic mass is 35.5. The van der Waals surface area contributed by atoms with E-state index in [4.69, 9.17) is 16.3 Å². The van der Waals surface area contributed by atoms with Crippen LogP contribution in [0.1, 0.15) is 24.2 Å². The summed E-state index contributed by atoms with van der Waals surface area (Å²) in [5.74, 6) is -0.478. The molecule has 2 aromatic rings. The number of morpholine rings is 1. The van der Waals surface area contributed by atoms with Crippen molar-refractivity contribution in [3.8, 4) is 0 Å². The van der Waals surface area contributed by atoms with E-state index in [1.807, 2.05) is 13.8 Å². The highest BCUT2D eigenvalue weighted by Gasteiger charge is 2.28. The summed E-state index contributed by atoms with van der Waals surface area (Å²) in [7, 11) is 0. The summed E-state index contributed by atoms with van der Waals surface area (Å²) in [6.45, 7) is 6.01. The number of halogens is 2. The number of amides is 3. The van der Waals surface area contributed by atoms with E-state index in [1.54, 1.807) is 40.1 Å². The maximum atomic E-state index is 13.6. The van der Waals surface area contributed by atoms with Crippen LogP contribution in [0, 0.1) is 11.7 Å². The van der Waals surface area contributed by atoms with Gasteiger partial charge in [0, 0.05) is 35.9 Å². The van der Waals surface area contributed by atoms with Crippen LogP contribution in [-0.2, 0) is 4.74 Å². The Hall–Kier alpha value is -2.64. The van der Waals surface area contributed by atoms with Crippen molar-refractivity contribution in [1.29, 1.82) is 0 Å². The molecule has 0 saturated carbocycles. The number of nitrogens with one attached hydrogen (secondary N) is 1. The largest absolute Gasteiger partial charge is 0.373 e. The van der Waals surface area contributed by atoms with Gasteiger partial charge in [-0.15, -0.1) is 0 Å². The molecule has 0 aromatic heterocycles. The maximum Gasteiger partial charge on any atom is 0.322 e. The summed E-state index contributed by atoms with van der Waals surface area (Å²) in [6, 6.07) is 12.4. The third-order valence-electron chi connectivity index (χ3n) is 4.87. The Bertz CT molecular complexity index is 924. The molecule has 166 valence electrons. The number of anilines is 1. The molecule has 3 amide bonds. The van der Waals surface area contributed by atoms with Crippen molar-refractivity contribution in [3.05, 3.63) is 64.9 Å². The average molecular weight is 448 g/mol. The third-order valence-corrected chi connectivity index (χ3v) is 5.11. The van der Waals surface area contributed by atoms with Crippen LogP contribution in [0.5, 0.6) is 0 Å². The van der Waals surface area contributed by atoms with E-state index >= 15 is 0 Å². The van der Waals surface area contributed by atoms with E-state index < -0.39 is 5.82 Å². The molecule has 2 aromatic carbocycles. The maximum absolute atomic E-state index is 13.6. The normalized spacial score (nSPS) is 16.3. The van der Waals surface area contributed by atoms with E-state index in [0.29, 0.717) is 49.1 Å². The van der Waals surface area contributed by atoms with Crippen LogP contribution in [-0.4, -0.2) is 60.6 Å². The van der Waals surface area contributed by atoms with E-state index in [9.17, 15) is 14.0 Å². The van der Waals surface area contributed by atoms with Gasteiger partial charge in [-0.3, -0.25) is 4.79 Å². The van der Waals surface area contributed by atoms with Crippen molar-refractivity contribution in [2.45, 2.75) is 20.0 Å². The van der Waals surface area contributed by atoms with Crippen molar-refractivity contribution >= 4 is 29.2 Å². The van der Waals surface area contributed by atoms with Gasteiger partial charge in [0.05, 0.1) is 19.3 Å². The smallest absolute Gasteiger partial charge is 0.322 e. The van der Waals surface area contributed by atoms with Gasteiger partial charge in [-0.25, -0.2) is 9.18 Å². The van der Waals surface area contributed by atoms with Gasteiger partial charge in [-0.2, -0.15) is 0 Å². The minimum atomic E-state index is -0.451. The average Bonchev–Trinajstić information content (AvgIpc) is 2.72. The molecular weight excluding hydrogens is 421 g/mol. The predicted molar refractivity (Wildman–Crippen MR) is 119 cm³/mol. The van der Waals surface area contributed by atoms with Gasteiger partial charge in [0.2, 0.25) is 0 Å². The zero-order valence-electron chi connectivity index (χ0n) is 17.7. The molecule has 1 saturated heterocycles. The summed E-state index contributed by atoms with van der Waals surface area (Å²) >= 11 is 5.98. The van der Waals surface area contributed by atoms with Crippen molar-refractivity contribution in [2.75, 3.05) is 38.1 Å². The summed E-state index contributed by atoms with van der Waals surface area (Å²) in [5, 5.41) is 3.38. The molecule has 1 aliphatic heterocycles. The van der Waals surface area contributed by atoms with E-state index in [0.717, 1.165) is 0 Å². The monoisotopic (exact) mass is 447 g/mol. The first-order chi connectivity index (χ1) is 14.8. The Balaban J connectivity index is 1.65. The zero-order valence-corrected chi connectivity index (χ0v) is 18.4. The number of benzene rings is 2. The second-order valence-electron chi connectivity index (χ2n) is 7.99. The molecule has 0 radical (unpaired) electrons. The molecule has 0 aliphatic carbocycles. The first kappa shape index (κ1) is 23.0. The van der Waals surface area contributed by atoms with Gasteiger partial charge in [-0.05, 0) is 42.3 Å². The topological polar surface area (TPSA) is 61.9 Å². The third kappa shape index (κ3) is 6.67. The van der Waals surface area contributed by atoms with E-state index in [1.165, 1.54) is 18.2 Å². The number of hydrogen-bond donors (Lipinski definition) is 1. The molecule has 1 heterocycles. The second kappa shape index (κ2) is 10.6. The fourth-order valence-electron chi connectivity index (χ4n) is 3.51. The first-order valence-corrected chi connectivity index (χ1v) is 10.7. The van der Waals surface area contributed by atoms with Crippen LogP contribution >= 0.6 is 11.6 Å². The van der Waals surface area contributed by atoms with Crippen LogP contribution in [0.4, 0.5) is 14.9 Å². The molecule has 1 fully saturated rings. The van der Waals surface area contributed by atoms with Crippen molar-refractivity contribution in [3.63, 3.8) is 0 Å². The van der Waals surface area contributed by atoms with Crippen molar-refractivity contribution in [2.24, 2.45) is 5.92 Å². The number of carbonyl (C=O) groups is 2. The van der Waals surface area contributed by atoms with Gasteiger partial charge in [0.1, 0.15) is 5.82 Å². The number of urea groups is 1. The molecule has 1 unspecified atom stereocenters. The fourth-order valence-corrected chi connectivity index (χ4v) is 3.70. The Morgan fingerprint density at radius 3 is 2.74 bits per heavy atom. The lowest BCUT2D eigenvalue weighted by Gasteiger charge is -2.36. The molecular formula is C23H27ClFN3O3. The van der Waals surface area contributed by atoms with Gasteiger partial charge in [0.15, 0.2) is 0 Å². The number of ether oxygens (including phenoxy) is 1. The molecule has 1 N–H and O–H groups in total. The van der Waals surface area contributed by atoms with Crippen LogP contribution < -0.4 is 5.32 Å². The molecule has 1 aliphatic rings. The lowest BCUT2D eigenvalue weighted by atomic mass is 10.1. The highest BCUT2D eigenvalue weighted by molar-refractivity contribution is 6.30. The number of nitrogens with zero attached hydrogens (tertiary/aromatic N) is 2. The van der Waals surface area contributed by atoms with Crippen molar-refractivity contribution < 1.29 is 18.7 Å². The summed E-state index contributed by atoms with van der Waals surface area (Å²) in [6.07, 6.45) is -0.338.